The number of carboxylic acid groups (broad SMARTS) is 1. The SMILES string of the molecule is CC(C)(C)OC(=O)Nc1ccc2ncc(-c3ccc(C(=O)O)s3)n2c1. The van der Waals surface area contributed by atoms with Crippen LogP contribution >= 0.6 is 11.3 Å². The smallest absolute Gasteiger partial charge is 0.412 e. The van der Waals surface area contributed by atoms with Gasteiger partial charge in [-0.05, 0) is 45.0 Å². The van der Waals surface area contributed by atoms with Crippen molar-refractivity contribution in [2.24, 2.45) is 0 Å². The number of amides is 1. The minimum atomic E-state index is -0.961. The van der Waals surface area contributed by atoms with E-state index in [1.807, 2.05) is 0 Å². The molecule has 2 N–H and O–H groups in total. The number of aromatic nitrogens is 2. The van der Waals surface area contributed by atoms with E-state index < -0.39 is 17.7 Å². The summed E-state index contributed by atoms with van der Waals surface area (Å²) in [6.45, 7) is 5.38. The number of nitrogens with one attached hydrogen (secondary N) is 1. The van der Waals surface area contributed by atoms with E-state index in [9.17, 15) is 9.59 Å². The van der Waals surface area contributed by atoms with Gasteiger partial charge in [-0.3, -0.25) is 9.72 Å². The van der Waals surface area contributed by atoms with Crippen LogP contribution in [0, 0.1) is 0 Å². The summed E-state index contributed by atoms with van der Waals surface area (Å²) in [6.07, 6.45) is 2.85. The second-order valence-electron chi connectivity index (χ2n) is 6.39. The number of anilines is 1. The molecule has 0 aliphatic carbocycles. The molecule has 0 aromatic carbocycles. The van der Waals surface area contributed by atoms with Crippen LogP contribution in [0.3, 0.4) is 0 Å². The summed E-state index contributed by atoms with van der Waals surface area (Å²) >= 11 is 1.17. The van der Waals surface area contributed by atoms with E-state index in [4.69, 9.17) is 9.84 Å². The highest BCUT2D eigenvalue weighted by Crippen LogP contribution is 2.29. The highest BCUT2D eigenvalue weighted by Gasteiger charge is 2.17. The lowest BCUT2D eigenvalue weighted by Crippen LogP contribution is -2.27. The molecule has 0 saturated heterocycles. The largest absolute Gasteiger partial charge is 0.477 e. The van der Waals surface area contributed by atoms with E-state index in [1.165, 1.54) is 11.3 Å². The van der Waals surface area contributed by atoms with Crippen molar-refractivity contribution in [1.29, 1.82) is 0 Å². The van der Waals surface area contributed by atoms with E-state index in [0.29, 0.717) is 11.3 Å². The van der Waals surface area contributed by atoms with Crippen LogP contribution in [-0.2, 0) is 4.74 Å². The number of imidazole rings is 1. The number of rotatable bonds is 3. The third-order valence-electron chi connectivity index (χ3n) is 3.22. The summed E-state index contributed by atoms with van der Waals surface area (Å²) in [5, 5.41) is 11.8. The molecule has 8 heteroatoms. The molecular formula is C17H17N3O4S. The summed E-state index contributed by atoms with van der Waals surface area (Å²) in [4.78, 5) is 28.3. The molecule has 3 rings (SSSR count). The number of ether oxygens (including phenoxy) is 1. The minimum Gasteiger partial charge on any atom is -0.477 e. The molecule has 0 spiro atoms. The Balaban J connectivity index is 1.91. The number of aromatic carboxylic acids is 1. The molecule has 3 aromatic heterocycles. The quantitative estimate of drug-likeness (QED) is 0.734. The Hall–Kier alpha value is -2.87. The summed E-state index contributed by atoms with van der Waals surface area (Å²) in [5.74, 6) is -0.961. The first-order valence-electron chi connectivity index (χ1n) is 7.53. The van der Waals surface area contributed by atoms with E-state index in [2.05, 4.69) is 10.3 Å². The van der Waals surface area contributed by atoms with Gasteiger partial charge in [0, 0.05) is 6.20 Å². The molecule has 0 unspecified atom stereocenters. The molecule has 3 aromatic rings. The fourth-order valence-electron chi connectivity index (χ4n) is 2.25. The summed E-state index contributed by atoms with van der Waals surface area (Å²) < 4.78 is 7.04. The first-order chi connectivity index (χ1) is 11.7. The average molecular weight is 359 g/mol. The standard InChI is InChI=1S/C17H17N3O4S/c1-17(2,3)24-16(23)19-10-4-7-14-18-8-11(20(14)9-10)12-5-6-13(25-12)15(21)22/h4-9H,1-3H3,(H,19,23)(H,21,22). The van der Waals surface area contributed by atoms with Gasteiger partial charge >= 0.3 is 12.1 Å². The molecule has 0 saturated carbocycles. The number of nitrogens with zero attached hydrogens (tertiary/aromatic N) is 2. The van der Waals surface area contributed by atoms with Crippen LogP contribution in [0.5, 0.6) is 0 Å². The predicted molar refractivity (Wildman–Crippen MR) is 95.3 cm³/mol. The monoisotopic (exact) mass is 359 g/mol. The Labute approximate surface area is 147 Å². The fourth-order valence-corrected chi connectivity index (χ4v) is 3.10. The highest BCUT2D eigenvalue weighted by molar-refractivity contribution is 7.17. The van der Waals surface area contributed by atoms with Gasteiger partial charge in [-0.2, -0.15) is 0 Å². The molecule has 1 amide bonds. The Kier molecular flexibility index (Phi) is 4.22. The van der Waals surface area contributed by atoms with E-state index in [-0.39, 0.29) is 4.88 Å². The summed E-state index contributed by atoms with van der Waals surface area (Å²) in [6, 6.07) is 6.80. The summed E-state index contributed by atoms with van der Waals surface area (Å²) in [7, 11) is 0. The van der Waals surface area contributed by atoms with Crippen LogP contribution in [0.15, 0.2) is 36.7 Å². The Morgan fingerprint density at radius 2 is 2.00 bits per heavy atom. The van der Waals surface area contributed by atoms with Crippen LogP contribution in [0.1, 0.15) is 30.4 Å². The van der Waals surface area contributed by atoms with Crippen molar-refractivity contribution >= 4 is 34.7 Å². The Bertz CT molecular complexity index is 952. The van der Waals surface area contributed by atoms with Gasteiger partial charge in [0.15, 0.2) is 0 Å². The van der Waals surface area contributed by atoms with Crippen LogP contribution in [0.25, 0.3) is 16.2 Å². The second kappa shape index (κ2) is 6.21. The lowest BCUT2D eigenvalue weighted by Gasteiger charge is -2.19. The van der Waals surface area contributed by atoms with Crippen molar-refractivity contribution in [3.63, 3.8) is 0 Å². The van der Waals surface area contributed by atoms with Crippen molar-refractivity contribution in [1.82, 2.24) is 9.38 Å². The third kappa shape index (κ3) is 3.80. The van der Waals surface area contributed by atoms with Gasteiger partial charge in [-0.25, -0.2) is 14.6 Å². The Morgan fingerprint density at radius 1 is 1.24 bits per heavy atom. The zero-order valence-electron chi connectivity index (χ0n) is 13.9. The van der Waals surface area contributed by atoms with Gasteiger partial charge in [0.2, 0.25) is 0 Å². The number of carboxylic acids is 1. The number of thiophene rings is 1. The predicted octanol–water partition coefficient (Wildman–Crippen LogP) is 4.11. The zero-order valence-corrected chi connectivity index (χ0v) is 14.8. The first kappa shape index (κ1) is 17.0. The molecule has 0 aliphatic heterocycles. The highest BCUT2D eigenvalue weighted by atomic mass is 32.1. The second-order valence-corrected chi connectivity index (χ2v) is 7.47. The molecule has 0 radical (unpaired) electrons. The van der Waals surface area contributed by atoms with Crippen molar-refractivity contribution in [2.75, 3.05) is 5.32 Å². The van der Waals surface area contributed by atoms with E-state index in [1.54, 1.807) is 61.8 Å². The minimum absolute atomic E-state index is 0.257. The van der Waals surface area contributed by atoms with Gasteiger partial charge in [0.05, 0.1) is 22.5 Å². The van der Waals surface area contributed by atoms with E-state index in [0.717, 1.165) is 10.6 Å². The van der Waals surface area contributed by atoms with Crippen molar-refractivity contribution in [3.05, 3.63) is 41.5 Å². The zero-order chi connectivity index (χ0) is 18.2. The number of hydrogen-bond donors (Lipinski definition) is 2. The molecule has 0 aliphatic rings. The van der Waals surface area contributed by atoms with Gasteiger partial charge in [-0.15, -0.1) is 11.3 Å². The van der Waals surface area contributed by atoms with Crippen LogP contribution in [-0.4, -0.2) is 32.2 Å². The van der Waals surface area contributed by atoms with E-state index >= 15 is 0 Å². The number of hydrogen-bond acceptors (Lipinski definition) is 5. The maximum absolute atomic E-state index is 11.9. The fraction of sp³-hybridized carbons (Fsp3) is 0.235. The summed E-state index contributed by atoms with van der Waals surface area (Å²) in [5.41, 5.74) is 1.41. The van der Waals surface area contributed by atoms with Gasteiger partial charge in [-0.1, -0.05) is 0 Å². The van der Waals surface area contributed by atoms with Gasteiger partial charge < -0.3 is 9.84 Å². The molecule has 0 fully saturated rings. The number of carbonyl (C=O) groups is 2. The average Bonchev–Trinajstić information content (AvgIpc) is 3.10. The first-order valence-corrected chi connectivity index (χ1v) is 8.35. The molecule has 7 nitrogen and oxygen atoms in total. The van der Waals surface area contributed by atoms with Crippen molar-refractivity contribution < 1.29 is 19.4 Å². The molecule has 0 bridgehead atoms. The topological polar surface area (TPSA) is 92.9 Å². The molecule has 0 atom stereocenters. The molecule has 25 heavy (non-hydrogen) atoms. The number of fused-ring (bicyclic) bond motifs is 1. The van der Waals surface area contributed by atoms with Crippen LogP contribution < -0.4 is 5.32 Å². The molecular weight excluding hydrogens is 342 g/mol. The molecule has 130 valence electrons. The van der Waals surface area contributed by atoms with Gasteiger partial charge in [0.1, 0.15) is 16.1 Å². The molecule has 3 heterocycles. The third-order valence-corrected chi connectivity index (χ3v) is 4.32. The normalized spacial score (nSPS) is 11.5. The number of carbonyl (C=O) groups excluding carboxylic acids is 1. The Morgan fingerprint density at radius 3 is 2.64 bits per heavy atom. The van der Waals surface area contributed by atoms with Crippen LogP contribution in [0.2, 0.25) is 0 Å². The lowest BCUT2D eigenvalue weighted by molar-refractivity contribution is 0.0634. The number of pyridine rings is 1. The van der Waals surface area contributed by atoms with Crippen LogP contribution in [0.4, 0.5) is 10.5 Å². The maximum Gasteiger partial charge on any atom is 0.412 e. The lowest BCUT2D eigenvalue weighted by atomic mass is 10.2. The van der Waals surface area contributed by atoms with Crippen molar-refractivity contribution in [2.45, 2.75) is 26.4 Å². The van der Waals surface area contributed by atoms with Gasteiger partial charge in [0.25, 0.3) is 0 Å². The van der Waals surface area contributed by atoms with Crippen molar-refractivity contribution in [3.8, 4) is 10.6 Å². The maximum atomic E-state index is 11.9.